The largest absolute Gasteiger partial charge is 0.314 e. The minimum atomic E-state index is -3.73. The van der Waals surface area contributed by atoms with E-state index in [1.54, 1.807) is 13.8 Å². The van der Waals surface area contributed by atoms with Gasteiger partial charge in [-0.25, -0.2) is 8.42 Å². The number of hydrogen-bond donors (Lipinski definition) is 1. The summed E-state index contributed by atoms with van der Waals surface area (Å²) < 4.78 is 27.1. The van der Waals surface area contributed by atoms with Crippen LogP contribution >= 0.6 is 12.4 Å². The second-order valence-electron chi connectivity index (χ2n) is 5.31. The van der Waals surface area contributed by atoms with Crippen LogP contribution in [-0.4, -0.2) is 43.3 Å². The maximum Gasteiger partial charge on any atom is 0.271 e. The number of halogens is 1. The zero-order valence-corrected chi connectivity index (χ0v) is 14.3. The number of nitro benzene ring substituents is 1. The standard InChI is InChI=1S/C13H19N3O4S.ClH/c1-9-6-12(16(17)18)7-13(11(9)3)21(19,20)15-5-4-14-8-10(15)2;/h6-7,10,14H,4-5,8H2,1-3H3;1H/t10-;/m1./s1. The van der Waals surface area contributed by atoms with Crippen molar-refractivity contribution in [2.75, 3.05) is 19.6 Å². The minimum absolute atomic E-state index is 0. The Morgan fingerprint density at radius 2 is 2.00 bits per heavy atom. The van der Waals surface area contributed by atoms with Crippen molar-refractivity contribution in [2.24, 2.45) is 0 Å². The molecule has 1 heterocycles. The number of nitrogens with one attached hydrogen (secondary N) is 1. The zero-order valence-electron chi connectivity index (χ0n) is 12.7. The first-order valence-electron chi connectivity index (χ1n) is 6.73. The van der Waals surface area contributed by atoms with E-state index in [9.17, 15) is 18.5 Å². The molecule has 7 nitrogen and oxygen atoms in total. The van der Waals surface area contributed by atoms with Crippen LogP contribution in [0.5, 0.6) is 0 Å². The van der Waals surface area contributed by atoms with E-state index in [2.05, 4.69) is 5.32 Å². The molecule has 124 valence electrons. The van der Waals surface area contributed by atoms with Crippen LogP contribution in [0.15, 0.2) is 17.0 Å². The van der Waals surface area contributed by atoms with Crippen LogP contribution in [0.2, 0.25) is 0 Å². The Hall–Kier alpha value is -1.22. The molecule has 1 aliphatic rings. The van der Waals surface area contributed by atoms with Crippen molar-refractivity contribution in [1.29, 1.82) is 0 Å². The van der Waals surface area contributed by atoms with Gasteiger partial charge in [-0.1, -0.05) is 0 Å². The van der Waals surface area contributed by atoms with E-state index in [-0.39, 0.29) is 29.0 Å². The summed E-state index contributed by atoms with van der Waals surface area (Å²) >= 11 is 0. The van der Waals surface area contributed by atoms with Gasteiger partial charge in [0, 0.05) is 37.8 Å². The van der Waals surface area contributed by atoms with Gasteiger partial charge in [-0.05, 0) is 31.9 Å². The summed E-state index contributed by atoms with van der Waals surface area (Å²) in [6.45, 7) is 6.71. The van der Waals surface area contributed by atoms with Gasteiger partial charge < -0.3 is 5.32 Å². The monoisotopic (exact) mass is 349 g/mol. The van der Waals surface area contributed by atoms with Crippen molar-refractivity contribution < 1.29 is 13.3 Å². The fourth-order valence-electron chi connectivity index (χ4n) is 2.49. The summed E-state index contributed by atoms with van der Waals surface area (Å²) in [7, 11) is -3.73. The highest BCUT2D eigenvalue weighted by atomic mass is 35.5. The number of benzene rings is 1. The predicted octanol–water partition coefficient (Wildman–Crippen LogP) is 1.62. The molecule has 0 radical (unpaired) electrons. The molecule has 0 unspecified atom stereocenters. The Balaban J connectivity index is 0.00000242. The minimum Gasteiger partial charge on any atom is -0.314 e. The molecule has 22 heavy (non-hydrogen) atoms. The number of aryl methyl sites for hydroxylation is 1. The molecule has 1 saturated heterocycles. The van der Waals surface area contributed by atoms with E-state index in [1.807, 2.05) is 6.92 Å². The van der Waals surface area contributed by atoms with Gasteiger partial charge in [-0.2, -0.15) is 4.31 Å². The van der Waals surface area contributed by atoms with E-state index in [0.29, 0.717) is 30.8 Å². The van der Waals surface area contributed by atoms with Gasteiger partial charge in [0.15, 0.2) is 0 Å². The van der Waals surface area contributed by atoms with Crippen LogP contribution in [0.25, 0.3) is 0 Å². The van der Waals surface area contributed by atoms with Crippen molar-refractivity contribution in [1.82, 2.24) is 9.62 Å². The molecule has 1 aromatic rings. The van der Waals surface area contributed by atoms with Crippen LogP contribution in [0.4, 0.5) is 5.69 Å². The number of nitrogens with zero attached hydrogens (tertiary/aromatic N) is 2. The lowest BCUT2D eigenvalue weighted by Crippen LogP contribution is -2.52. The van der Waals surface area contributed by atoms with Gasteiger partial charge in [0.1, 0.15) is 0 Å². The van der Waals surface area contributed by atoms with Crippen molar-refractivity contribution in [2.45, 2.75) is 31.7 Å². The van der Waals surface area contributed by atoms with Gasteiger partial charge in [0.05, 0.1) is 9.82 Å². The third kappa shape index (κ3) is 3.40. The average molecular weight is 350 g/mol. The topological polar surface area (TPSA) is 92.5 Å². The lowest BCUT2D eigenvalue weighted by Gasteiger charge is -2.33. The Labute approximate surface area is 136 Å². The number of sulfonamides is 1. The summed E-state index contributed by atoms with van der Waals surface area (Å²) in [4.78, 5) is 10.4. The summed E-state index contributed by atoms with van der Waals surface area (Å²) in [5.74, 6) is 0. The van der Waals surface area contributed by atoms with Crippen LogP contribution in [0.3, 0.4) is 0 Å². The molecular formula is C13H20ClN3O4S. The number of nitro groups is 1. The van der Waals surface area contributed by atoms with Crippen molar-refractivity contribution in [3.63, 3.8) is 0 Å². The number of piperazine rings is 1. The second-order valence-corrected chi connectivity index (χ2v) is 7.17. The molecule has 0 saturated carbocycles. The number of rotatable bonds is 3. The Kier molecular flexibility index (Phi) is 5.91. The molecule has 9 heteroatoms. The first-order chi connectivity index (χ1) is 9.75. The van der Waals surface area contributed by atoms with Crippen LogP contribution in [-0.2, 0) is 10.0 Å². The lowest BCUT2D eigenvalue weighted by atomic mass is 10.1. The SMILES string of the molecule is Cc1cc([N+](=O)[O-])cc(S(=O)(=O)N2CCNC[C@H]2C)c1C.Cl. The van der Waals surface area contributed by atoms with Gasteiger partial charge in [0.2, 0.25) is 10.0 Å². The Morgan fingerprint density at radius 1 is 1.36 bits per heavy atom. The van der Waals surface area contributed by atoms with Crippen LogP contribution in [0.1, 0.15) is 18.1 Å². The molecule has 2 rings (SSSR count). The highest BCUT2D eigenvalue weighted by Gasteiger charge is 2.33. The van der Waals surface area contributed by atoms with E-state index in [1.165, 1.54) is 10.4 Å². The summed E-state index contributed by atoms with van der Waals surface area (Å²) in [5.41, 5.74) is 0.969. The molecule has 1 fully saturated rings. The zero-order chi connectivity index (χ0) is 15.8. The van der Waals surface area contributed by atoms with E-state index in [4.69, 9.17) is 0 Å². The van der Waals surface area contributed by atoms with Crippen molar-refractivity contribution in [3.05, 3.63) is 33.4 Å². The molecule has 1 N–H and O–H groups in total. The third-order valence-electron chi connectivity index (χ3n) is 3.84. The maximum atomic E-state index is 12.8. The highest BCUT2D eigenvalue weighted by molar-refractivity contribution is 7.89. The quantitative estimate of drug-likeness (QED) is 0.661. The van der Waals surface area contributed by atoms with Gasteiger partial charge in [-0.3, -0.25) is 10.1 Å². The summed E-state index contributed by atoms with van der Waals surface area (Å²) in [5, 5.41) is 14.1. The molecule has 1 aliphatic heterocycles. The highest BCUT2D eigenvalue weighted by Crippen LogP contribution is 2.28. The second kappa shape index (κ2) is 6.91. The smallest absolute Gasteiger partial charge is 0.271 e. The molecule has 0 bridgehead atoms. The van der Waals surface area contributed by atoms with Gasteiger partial charge in [-0.15, -0.1) is 12.4 Å². The fraction of sp³-hybridized carbons (Fsp3) is 0.538. The predicted molar refractivity (Wildman–Crippen MR) is 86.0 cm³/mol. The molecular weight excluding hydrogens is 330 g/mol. The van der Waals surface area contributed by atoms with Crippen molar-refractivity contribution in [3.8, 4) is 0 Å². The fourth-order valence-corrected chi connectivity index (χ4v) is 4.44. The Bertz CT molecular complexity index is 678. The first-order valence-corrected chi connectivity index (χ1v) is 8.17. The number of non-ortho nitro benzene ring substituents is 1. The normalized spacial score (nSPS) is 19.5. The van der Waals surface area contributed by atoms with E-state index >= 15 is 0 Å². The average Bonchev–Trinajstić information content (AvgIpc) is 2.41. The summed E-state index contributed by atoms with van der Waals surface area (Å²) in [6, 6.07) is 2.38. The molecule has 0 spiro atoms. The maximum absolute atomic E-state index is 12.8. The molecule has 1 atom stereocenters. The number of hydrogen-bond acceptors (Lipinski definition) is 5. The van der Waals surface area contributed by atoms with Crippen molar-refractivity contribution >= 4 is 28.1 Å². The first kappa shape index (κ1) is 18.8. The summed E-state index contributed by atoms with van der Waals surface area (Å²) in [6.07, 6.45) is 0. The van der Waals surface area contributed by atoms with Gasteiger partial charge in [0.25, 0.3) is 5.69 Å². The molecule has 1 aromatic carbocycles. The molecule has 0 aromatic heterocycles. The van der Waals surface area contributed by atoms with Gasteiger partial charge >= 0.3 is 0 Å². The molecule has 0 aliphatic carbocycles. The molecule has 0 amide bonds. The van der Waals surface area contributed by atoms with Crippen LogP contribution in [0, 0.1) is 24.0 Å². The lowest BCUT2D eigenvalue weighted by molar-refractivity contribution is -0.385. The van der Waals surface area contributed by atoms with Crippen LogP contribution < -0.4 is 5.32 Å². The Morgan fingerprint density at radius 3 is 2.55 bits per heavy atom. The van der Waals surface area contributed by atoms with E-state index in [0.717, 1.165) is 6.07 Å². The van der Waals surface area contributed by atoms with E-state index < -0.39 is 14.9 Å². The third-order valence-corrected chi connectivity index (χ3v) is 5.98.